The van der Waals surface area contributed by atoms with Crippen molar-refractivity contribution in [3.8, 4) is 0 Å². The third-order valence-electron chi connectivity index (χ3n) is 2.99. The highest BCUT2D eigenvalue weighted by molar-refractivity contribution is 5.09. The number of pyridine rings is 1. The standard InChI is InChI=1S/C12H19N3/c1-15(7-4-12-8-14-9-12)10-11-2-5-13-6-3-11/h2-3,5-6,12,14H,4,7-10H2,1H3. The molecule has 82 valence electrons. The summed E-state index contributed by atoms with van der Waals surface area (Å²) in [5, 5.41) is 3.31. The first-order valence-electron chi connectivity index (χ1n) is 5.63. The van der Waals surface area contributed by atoms with Crippen molar-refractivity contribution in [2.45, 2.75) is 13.0 Å². The number of rotatable bonds is 5. The van der Waals surface area contributed by atoms with Gasteiger partial charge in [0.25, 0.3) is 0 Å². The number of hydrogen-bond donors (Lipinski definition) is 1. The van der Waals surface area contributed by atoms with Gasteiger partial charge in [-0.05, 0) is 56.7 Å². The van der Waals surface area contributed by atoms with E-state index in [1.54, 1.807) is 0 Å². The van der Waals surface area contributed by atoms with E-state index in [0.29, 0.717) is 0 Å². The Hall–Kier alpha value is -0.930. The maximum Gasteiger partial charge on any atom is 0.0271 e. The highest BCUT2D eigenvalue weighted by atomic mass is 15.1. The molecule has 0 bridgehead atoms. The molecule has 1 aliphatic heterocycles. The van der Waals surface area contributed by atoms with Gasteiger partial charge in [0.15, 0.2) is 0 Å². The van der Waals surface area contributed by atoms with E-state index < -0.39 is 0 Å². The number of nitrogens with zero attached hydrogens (tertiary/aromatic N) is 2. The molecule has 1 fully saturated rings. The Morgan fingerprint density at radius 2 is 2.13 bits per heavy atom. The summed E-state index contributed by atoms with van der Waals surface area (Å²) in [5.41, 5.74) is 1.35. The van der Waals surface area contributed by atoms with Gasteiger partial charge in [-0.3, -0.25) is 4.98 Å². The van der Waals surface area contributed by atoms with Gasteiger partial charge in [0.05, 0.1) is 0 Å². The molecule has 15 heavy (non-hydrogen) atoms. The zero-order valence-corrected chi connectivity index (χ0v) is 9.32. The molecule has 0 radical (unpaired) electrons. The lowest BCUT2D eigenvalue weighted by Crippen LogP contribution is -2.43. The SMILES string of the molecule is CN(CCC1CNC1)Cc1ccncc1. The van der Waals surface area contributed by atoms with Crippen molar-refractivity contribution in [3.63, 3.8) is 0 Å². The number of hydrogen-bond acceptors (Lipinski definition) is 3. The Morgan fingerprint density at radius 3 is 2.73 bits per heavy atom. The van der Waals surface area contributed by atoms with E-state index in [1.807, 2.05) is 12.4 Å². The Morgan fingerprint density at radius 1 is 1.40 bits per heavy atom. The molecular formula is C12H19N3. The van der Waals surface area contributed by atoms with E-state index in [-0.39, 0.29) is 0 Å². The molecule has 0 amide bonds. The largest absolute Gasteiger partial charge is 0.316 e. The van der Waals surface area contributed by atoms with Gasteiger partial charge in [0.1, 0.15) is 0 Å². The van der Waals surface area contributed by atoms with Crippen molar-refractivity contribution in [3.05, 3.63) is 30.1 Å². The van der Waals surface area contributed by atoms with Crippen LogP contribution in [0, 0.1) is 5.92 Å². The van der Waals surface area contributed by atoms with Gasteiger partial charge in [-0.2, -0.15) is 0 Å². The summed E-state index contributed by atoms with van der Waals surface area (Å²) in [5.74, 6) is 0.907. The van der Waals surface area contributed by atoms with Gasteiger partial charge in [-0.1, -0.05) is 0 Å². The summed E-state index contributed by atoms with van der Waals surface area (Å²) in [6.45, 7) is 4.64. The molecule has 1 aromatic heterocycles. The molecule has 3 heteroatoms. The van der Waals surface area contributed by atoms with Crippen LogP contribution in [0.4, 0.5) is 0 Å². The fourth-order valence-electron chi connectivity index (χ4n) is 1.83. The van der Waals surface area contributed by atoms with E-state index in [9.17, 15) is 0 Å². The molecule has 1 aromatic rings. The van der Waals surface area contributed by atoms with E-state index in [1.165, 1.54) is 31.6 Å². The van der Waals surface area contributed by atoms with E-state index in [0.717, 1.165) is 12.5 Å². The van der Waals surface area contributed by atoms with Gasteiger partial charge < -0.3 is 10.2 Å². The molecule has 0 saturated carbocycles. The Bertz CT molecular complexity index is 282. The van der Waals surface area contributed by atoms with Crippen LogP contribution in [0.1, 0.15) is 12.0 Å². The summed E-state index contributed by atoms with van der Waals surface area (Å²) < 4.78 is 0. The van der Waals surface area contributed by atoms with Crippen molar-refractivity contribution in [1.82, 2.24) is 15.2 Å². The summed E-state index contributed by atoms with van der Waals surface area (Å²) in [4.78, 5) is 6.41. The van der Waals surface area contributed by atoms with Crippen LogP contribution in [0.25, 0.3) is 0 Å². The van der Waals surface area contributed by atoms with Gasteiger partial charge in [0.2, 0.25) is 0 Å². The minimum Gasteiger partial charge on any atom is -0.316 e. The third kappa shape index (κ3) is 3.29. The summed E-state index contributed by atoms with van der Waals surface area (Å²) in [6.07, 6.45) is 5.03. The van der Waals surface area contributed by atoms with Gasteiger partial charge in [-0.25, -0.2) is 0 Å². The lowest BCUT2D eigenvalue weighted by Gasteiger charge is -2.29. The topological polar surface area (TPSA) is 28.2 Å². The monoisotopic (exact) mass is 205 g/mol. The second kappa shape index (κ2) is 5.24. The Kier molecular flexibility index (Phi) is 3.69. The quantitative estimate of drug-likeness (QED) is 0.781. The Balaban J connectivity index is 1.69. The van der Waals surface area contributed by atoms with Gasteiger partial charge in [0, 0.05) is 18.9 Å². The molecule has 0 atom stereocenters. The molecule has 2 rings (SSSR count). The Labute approximate surface area is 91.5 Å². The second-order valence-electron chi connectivity index (χ2n) is 4.41. The van der Waals surface area contributed by atoms with Crippen LogP contribution < -0.4 is 5.32 Å². The molecule has 0 aromatic carbocycles. The second-order valence-corrected chi connectivity index (χ2v) is 4.41. The van der Waals surface area contributed by atoms with Crippen molar-refractivity contribution in [1.29, 1.82) is 0 Å². The first kappa shape index (κ1) is 10.6. The summed E-state index contributed by atoms with van der Waals surface area (Å²) in [6, 6.07) is 4.17. The molecule has 1 saturated heterocycles. The minimum absolute atomic E-state index is 0.907. The first-order valence-corrected chi connectivity index (χ1v) is 5.63. The normalized spacial score (nSPS) is 16.7. The maximum atomic E-state index is 4.02. The van der Waals surface area contributed by atoms with Crippen molar-refractivity contribution in [2.75, 3.05) is 26.7 Å². The molecule has 1 aliphatic rings. The van der Waals surface area contributed by atoms with Crippen LogP contribution in [0.2, 0.25) is 0 Å². The van der Waals surface area contributed by atoms with Crippen LogP contribution in [-0.4, -0.2) is 36.6 Å². The molecule has 0 unspecified atom stereocenters. The highest BCUT2D eigenvalue weighted by Crippen LogP contribution is 2.10. The van der Waals surface area contributed by atoms with Crippen LogP contribution >= 0.6 is 0 Å². The number of nitrogens with one attached hydrogen (secondary N) is 1. The van der Waals surface area contributed by atoms with E-state index >= 15 is 0 Å². The summed E-state index contributed by atoms with van der Waals surface area (Å²) >= 11 is 0. The predicted octanol–water partition coefficient (Wildman–Crippen LogP) is 1.12. The summed E-state index contributed by atoms with van der Waals surface area (Å²) in [7, 11) is 2.19. The van der Waals surface area contributed by atoms with Gasteiger partial charge in [-0.15, -0.1) is 0 Å². The average Bonchev–Trinajstić information content (AvgIpc) is 2.17. The molecule has 2 heterocycles. The third-order valence-corrected chi connectivity index (χ3v) is 2.99. The maximum absolute atomic E-state index is 4.02. The predicted molar refractivity (Wildman–Crippen MR) is 61.5 cm³/mol. The van der Waals surface area contributed by atoms with Crippen LogP contribution in [-0.2, 0) is 6.54 Å². The fourth-order valence-corrected chi connectivity index (χ4v) is 1.83. The fraction of sp³-hybridized carbons (Fsp3) is 0.583. The first-order chi connectivity index (χ1) is 7.34. The molecule has 0 aliphatic carbocycles. The van der Waals surface area contributed by atoms with Crippen LogP contribution in [0.15, 0.2) is 24.5 Å². The van der Waals surface area contributed by atoms with E-state index in [4.69, 9.17) is 0 Å². The van der Waals surface area contributed by atoms with Crippen LogP contribution in [0.5, 0.6) is 0 Å². The van der Waals surface area contributed by atoms with Crippen molar-refractivity contribution < 1.29 is 0 Å². The molecule has 1 N–H and O–H groups in total. The zero-order chi connectivity index (χ0) is 10.5. The smallest absolute Gasteiger partial charge is 0.0271 e. The minimum atomic E-state index is 0.907. The lowest BCUT2D eigenvalue weighted by molar-refractivity contribution is 0.252. The lowest BCUT2D eigenvalue weighted by atomic mass is 9.99. The number of aromatic nitrogens is 1. The molecular weight excluding hydrogens is 186 g/mol. The van der Waals surface area contributed by atoms with E-state index in [2.05, 4.69) is 34.4 Å². The van der Waals surface area contributed by atoms with Crippen molar-refractivity contribution >= 4 is 0 Å². The zero-order valence-electron chi connectivity index (χ0n) is 9.32. The highest BCUT2D eigenvalue weighted by Gasteiger charge is 2.16. The van der Waals surface area contributed by atoms with Crippen molar-refractivity contribution in [2.24, 2.45) is 5.92 Å². The average molecular weight is 205 g/mol. The molecule has 0 spiro atoms. The van der Waals surface area contributed by atoms with Crippen LogP contribution in [0.3, 0.4) is 0 Å². The molecule has 3 nitrogen and oxygen atoms in total. The van der Waals surface area contributed by atoms with Gasteiger partial charge >= 0.3 is 0 Å².